The van der Waals surface area contributed by atoms with Gasteiger partial charge in [0.1, 0.15) is 0 Å². The number of aliphatic hydroxyl groups is 1. The molecule has 2 unspecified atom stereocenters. The monoisotopic (exact) mass is 276 g/mol. The molecule has 106 valence electrons. The highest BCUT2D eigenvalue weighted by atomic mass is 32.2. The standard InChI is InChI=1S/C12H24N2O3S/c1-18(16,17)14-8-6-10(7-9-14)13-11-4-2-3-5-12(11)15/h10-13,15H,2-9H2,1H3. The van der Waals surface area contributed by atoms with Gasteiger partial charge in [-0.05, 0) is 25.7 Å². The minimum atomic E-state index is -3.04. The summed E-state index contributed by atoms with van der Waals surface area (Å²) in [5.41, 5.74) is 0. The maximum Gasteiger partial charge on any atom is 0.211 e. The largest absolute Gasteiger partial charge is 0.392 e. The van der Waals surface area contributed by atoms with Crippen LogP contribution >= 0.6 is 0 Å². The average Bonchev–Trinajstić information content (AvgIpc) is 2.32. The molecule has 6 heteroatoms. The Balaban J connectivity index is 1.79. The number of sulfonamides is 1. The minimum absolute atomic E-state index is 0.202. The van der Waals surface area contributed by atoms with Gasteiger partial charge in [-0.25, -0.2) is 12.7 Å². The van der Waals surface area contributed by atoms with Crippen molar-refractivity contribution < 1.29 is 13.5 Å². The first-order chi connectivity index (χ1) is 8.47. The van der Waals surface area contributed by atoms with Crippen LogP contribution in [0.15, 0.2) is 0 Å². The van der Waals surface area contributed by atoms with Gasteiger partial charge in [0.2, 0.25) is 10.0 Å². The van der Waals surface area contributed by atoms with Crippen LogP contribution in [0, 0.1) is 0 Å². The van der Waals surface area contributed by atoms with Gasteiger partial charge in [-0.3, -0.25) is 0 Å². The summed E-state index contributed by atoms with van der Waals surface area (Å²) in [4.78, 5) is 0. The molecule has 2 fully saturated rings. The summed E-state index contributed by atoms with van der Waals surface area (Å²) < 4.78 is 24.3. The third-order valence-electron chi connectivity index (χ3n) is 4.10. The molecule has 2 rings (SSSR count). The third kappa shape index (κ3) is 3.66. The molecule has 0 aromatic carbocycles. The third-order valence-corrected chi connectivity index (χ3v) is 5.41. The van der Waals surface area contributed by atoms with Gasteiger partial charge in [0.05, 0.1) is 12.4 Å². The zero-order valence-corrected chi connectivity index (χ0v) is 11.8. The second-order valence-electron chi connectivity index (χ2n) is 5.56. The van der Waals surface area contributed by atoms with E-state index in [1.54, 1.807) is 4.31 Å². The Labute approximate surface area is 110 Å². The molecule has 1 saturated heterocycles. The van der Waals surface area contributed by atoms with E-state index in [0.29, 0.717) is 19.1 Å². The molecule has 0 radical (unpaired) electrons. The molecule has 1 aliphatic carbocycles. The summed E-state index contributed by atoms with van der Waals surface area (Å²) in [7, 11) is -3.04. The zero-order valence-electron chi connectivity index (χ0n) is 11.0. The Hall–Kier alpha value is -0.170. The first-order valence-corrected chi connectivity index (χ1v) is 8.71. The molecule has 1 heterocycles. The van der Waals surface area contributed by atoms with E-state index in [9.17, 15) is 13.5 Å². The van der Waals surface area contributed by atoms with Crippen LogP contribution in [0.25, 0.3) is 0 Å². The van der Waals surface area contributed by atoms with Crippen molar-refractivity contribution in [2.75, 3.05) is 19.3 Å². The molecule has 2 N–H and O–H groups in total. The van der Waals surface area contributed by atoms with Gasteiger partial charge in [0.25, 0.3) is 0 Å². The van der Waals surface area contributed by atoms with E-state index in [0.717, 1.165) is 32.1 Å². The number of hydrogen-bond acceptors (Lipinski definition) is 4. The SMILES string of the molecule is CS(=O)(=O)N1CCC(NC2CCCCC2O)CC1. The van der Waals surface area contributed by atoms with Crippen molar-refractivity contribution in [2.24, 2.45) is 0 Å². The molecule has 0 spiro atoms. The van der Waals surface area contributed by atoms with E-state index in [4.69, 9.17) is 0 Å². The van der Waals surface area contributed by atoms with Gasteiger partial charge in [-0.2, -0.15) is 0 Å². The van der Waals surface area contributed by atoms with Crippen LogP contribution in [0.5, 0.6) is 0 Å². The molecular weight excluding hydrogens is 252 g/mol. The highest BCUT2D eigenvalue weighted by molar-refractivity contribution is 7.88. The normalized spacial score (nSPS) is 32.6. The lowest BCUT2D eigenvalue weighted by atomic mass is 9.91. The van der Waals surface area contributed by atoms with Crippen molar-refractivity contribution in [1.29, 1.82) is 0 Å². The van der Waals surface area contributed by atoms with Crippen molar-refractivity contribution in [3.63, 3.8) is 0 Å². The Morgan fingerprint density at radius 1 is 1.11 bits per heavy atom. The molecule has 0 aromatic rings. The lowest BCUT2D eigenvalue weighted by Crippen LogP contribution is -2.51. The molecule has 0 aromatic heterocycles. The molecule has 2 atom stereocenters. The fourth-order valence-electron chi connectivity index (χ4n) is 2.96. The molecular formula is C12H24N2O3S. The van der Waals surface area contributed by atoms with Crippen LogP contribution < -0.4 is 5.32 Å². The Kier molecular flexibility index (Phi) is 4.64. The van der Waals surface area contributed by atoms with E-state index in [-0.39, 0.29) is 12.1 Å². The van der Waals surface area contributed by atoms with E-state index in [1.165, 1.54) is 12.7 Å². The molecule has 18 heavy (non-hydrogen) atoms. The lowest BCUT2D eigenvalue weighted by molar-refractivity contribution is 0.0801. The highest BCUT2D eigenvalue weighted by Crippen LogP contribution is 2.21. The van der Waals surface area contributed by atoms with E-state index >= 15 is 0 Å². The topological polar surface area (TPSA) is 69.6 Å². The molecule has 0 bridgehead atoms. The molecule has 2 aliphatic rings. The van der Waals surface area contributed by atoms with Gasteiger partial charge >= 0.3 is 0 Å². The van der Waals surface area contributed by atoms with Crippen LogP contribution in [0.2, 0.25) is 0 Å². The van der Waals surface area contributed by atoms with Crippen LogP contribution in [0.4, 0.5) is 0 Å². The minimum Gasteiger partial charge on any atom is -0.392 e. The van der Waals surface area contributed by atoms with Crippen molar-refractivity contribution in [3.05, 3.63) is 0 Å². The summed E-state index contributed by atoms with van der Waals surface area (Å²) >= 11 is 0. The average molecular weight is 276 g/mol. The van der Waals surface area contributed by atoms with Crippen molar-refractivity contribution >= 4 is 10.0 Å². The number of hydrogen-bond donors (Lipinski definition) is 2. The number of nitrogens with one attached hydrogen (secondary N) is 1. The Bertz CT molecular complexity index is 364. The van der Waals surface area contributed by atoms with Gasteiger partial charge in [0, 0.05) is 25.2 Å². The van der Waals surface area contributed by atoms with Crippen LogP contribution in [-0.2, 0) is 10.0 Å². The number of aliphatic hydroxyl groups excluding tert-OH is 1. The fourth-order valence-corrected chi connectivity index (χ4v) is 3.84. The first kappa shape index (κ1) is 14.2. The quantitative estimate of drug-likeness (QED) is 0.778. The van der Waals surface area contributed by atoms with Crippen molar-refractivity contribution in [1.82, 2.24) is 9.62 Å². The number of rotatable bonds is 3. The van der Waals surface area contributed by atoms with E-state index < -0.39 is 10.0 Å². The van der Waals surface area contributed by atoms with Gasteiger partial charge < -0.3 is 10.4 Å². The zero-order chi connectivity index (χ0) is 13.2. The fraction of sp³-hybridized carbons (Fsp3) is 1.00. The van der Waals surface area contributed by atoms with Gasteiger partial charge in [-0.1, -0.05) is 12.8 Å². The van der Waals surface area contributed by atoms with Gasteiger partial charge in [0.15, 0.2) is 0 Å². The van der Waals surface area contributed by atoms with Gasteiger partial charge in [-0.15, -0.1) is 0 Å². The smallest absolute Gasteiger partial charge is 0.211 e. The Morgan fingerprint density at radius 2 is 1.72 bits per heavy atom. The second-order valence-corrected chi connectivity index (χ2v) is 7.54. The summed E-state index contributed by atoms with van der Waals surface area (Å²) in [6.07, 6.45) is 6.94. The van der Waals surface area contributed by atoms with Crippen LogP contribution in [0.1, 0.15) is 38.5 Å². The maximum atomic E-state index is 11.4. The summed E-state index contributed by atoms with van der Waals surface area (Å²) in [5, 5.41) is 13.4. The second kappa shape index (κ2) is 5.86. The lowest BCUT2D eigenvalue weighted by Gasteiger charge is -2.36. The highest BCUT2D eigenvalue weighted by Gasteiger charge is 2.29. The predicted octanol–water partition coefficient (Wildman–Crippen LogP) is 0.304. The van der Waals surface area contributed by atoms with Crippen LogP contribution in [0.3, 0.4) is 0 Å². The summed E-state index contributed by atoms with van der Waals surface area (Å²) in [5.74, 6) is 0. The Morgan fingerprint density at radius 3 is 2.28 bits per heavy atom. The number of piperidine rings is 1. The van der Waals surface area contributed by atoms with Crippen molar-refractivity contribution in [2.45, 2.75) is 56.7 Å². The molecule has 5 nitrogen and oxygen atoms in total. The van der Waals surface area contributed by atoms with E-state index in [1.807, 2.05) is 0 Å². The van der Waals surface area contributed by atoms with Crippen LogP contribution in [-0.4, -0.2) is 55.4 Å². The predicted molar refractivity (Wildman–Crippen MR) is 70.8 cm³/mol. The maximum absolute atomic E-state index is 11.4. The summed E-state index contributed by atoms with van der Waals surface area (Å²) in [6.45, 7) is 1.19. The first-order valence-electron chi connectivity index (χ1n) is 6.86. The van der Waals surface area contributed by atoms with E-state index in [2.05, 4.69) is 5.32 Å². The van der Waals surface area contributed by atoms with Crippen molar-refractivity contribution in [3.8, 4) is 0 Å². The molecule has 0 amide bonds. The molecule has 1 aliphatic heterocycles. The molecule has 1 saturated carbocycles. The number of nitrogens with zero attached hydrogens (tertiary/aromatic N) is 1. The summed E-state index contributed by atoms with van der Waals surface area (Å²) in [6, 6.07) is 0.550.